The van der Waals surface area contributed by atoms with E-state index in [9.17, 15) is 9.59 Å². The summed E-state index contributed by atoms with van der Waals surface area (Å²) in [7, 11) is 3.74. The van der Waals surface area contributed by atoms with Crippen molar-refractivity contribution in [3.05, 3.63) is 45.6 Å². The zero-order valence-electron chi connectivity index (χ0n) is 13.6. The Morgan fingerprint density at radius 3 is 2.67 bits per heavy atom. The minimum absolute atomic E-state index is 0.102. The molecule has 0 atom stereocenters. The molecule has 128 valence electrons. The molecule has 0 bridgehead atoms. The Labute approximate surface area is 150 Å². The molecular formula is C17H20ClN3O2S. The van der Waals surface area contributed by atoms with Crippen LogP contribution in [0.15, 0.2) is 35.7 Å². The van der Waals surface area contributed by atoms with Crippen molar-refractivity contribution < 1.29 is 9.59 Å². The summed E-state index contributed by atoms with van der Waals surface area (Å²) in [5.41, 5.74) is 1.46. The normalized spacial score (nSPS) is 10.3. The Hall–Kier alpha value is -2.05. The van der Waals surface area contributed by atoms with Gasteiger partial charge in [-0.15, -0.1) is 11.3 Å². The van der Waals surface area contributed by atoms with E-state index in [-0.39, 0.29) is 11.8 Å². The topological polar surface area (TPSA) is 61.4 Å². The van der Waals surface area contributed by atoms with Crippen LogP contribution in [0.1, 0.15) is 22.5 Å². The molecule has 7 heteroatoms. The van der Waals surface area contributed by atoms with Gasteiger partial charge in [-0.3, -0.25) is 9.59 Å². The summed E-state index contributed by atoms with van der Waals surface area (Å²) in [5, 5.41) is 8.12. The number of anilines is 2. The van der Waals surface area contributed by atoms with Crippen molar-refractivity contribution in [2.24, 2.45) is 0 Å². The molecule has 2 N–H and O–H groups in total. The van der Waals surface area contributed by atoms with Crippen molar-refractivity contribution in [1.29, 1.82) is 0 Å². The van der Waals surface area contributed by atoms with E-state index in [0.717, 1.165) is 5.69 Å². The van der Waals surface area contributed by atoms with Crippen LogP contribution in [0.3, 0.4) is 0 Å². The highest BCUT2D eigenvalue weighted by Gasteiger charge is 2.12. The molecule has 0 saturated carbocycles. The quantitative estimate of drug-likeness (QED) is 0.737. The SMILES string of the molecule is CN(C)c1c(Cl)cccc1NC(=O)CCCNC(=O)c1cccs1. The average molecular weight is 366 g/mol. The predicted octanol–water partition coefficient (Wildman–Crippen LogP) is 3.62. The molecule has 0 unspecified atom stereocenters. The number of halogens is 1. The summed E-state index contributed by atoms with van der Waals surface area (Å²) in [4.78, 5) is 26.4. The minimum Gasteiger partial charge on any atom is -0.375 e. The van der Waals surface area contributed by atoms with Crippen LogP contribution in [-0.4, -0.2) is 32.5 Å². The van der Waals surface area contributed by atoms with Crippen LogP contribution in [0.2, 0.25) is 5.02 Å². The lowest BCUT2D eigenvalue weighted by Gasteiger charge is -2.19. The van der Waals surface area contributed by atoms with Gasteiger partial charge in [0.05, 0.1) is 21.3 Å². The number of benzene rings is 1. The van der Waals surface area contributed by atoms with Gasteiger partial charge in [0.2, 0.25) is 5.91 Å². The second-order valence-corrected chi connectivity index (χ2v) is 6.77. The van der Waals surface area contributed by atoms with Crippen LogP contribution in [0, 0.1) is 0 Å². The van der Waals surface area contributed by atoms with Crippen LogP contribution < -0.4 is 15.5 Å². The summed E-state index contributed by atoms with van der Waals surface area (Å²) in [5.74, 6) is -0.208. The maximum Gasteiger partial charge on any atom is 0.261 e. The summed E-state index contributed by atoms with van der Waals surface area (Å²) in [6.07, 6.45) is 0.894. The molecule has 2 rings (SSSR count). The van der Waals surface area contributed by atoms with E-state index in [1.165, 1.54) is 11.3 Å². The lowest BCUT2D eigenvalue weighted by molar-refractivity contribution is -0.116. The number of hydrogen-bond donors (Lipinski definition) is 2. The van der Waals surface area contributed by atoms with Gasteiger partial charge in [0.25, 0.3) is 5.91 Å². The molecule has 0 fully saturated rings. The predicted molar refractivity (Wildman–Crippen MR) is 100 cm³/mol. The van der Waals surface area contributed by atoms with Crippen molar-refractivity contribution in [1.82, 2.24) is 5.32 Å². The van der Waals surface area contributed by atoms with Crippen LogP contribution in [0.5, 0.6) is 0 Å². The number of rotatable bonds is 7. The van der Waals surface area contributed by atoms with E-state index in [0.29, 0.717) is 35.0 Å². The van der Waals surface area contributed by atoms with Gasteiger partial charge in [-0.25, -0.2) is 0 Å². The summed E-state index contributed by atoms with van der Waals surface area (Å²) < 4.78 is 0. The summed E-state index contributed by atoms with van der Waals surface area (Å²) in [6, 6.07) is 9.01. The molecule has 0 saturated heterocycles. The number of amides is 2. The molecule has 24 heavy (non-hydrogen) atoms. The zero-order valence-corrected chi connectivity index (χ0v) is 15.2. The van der Waals surface area contributed by atoms with Gasteiger partial charge >= 0.3 is 0 Å². The van der Waals surface area contributed by atoms with Crippen LogP contribution in [0.25, 0.3) is 0 Å². The van der Waals surface area contributed by atoms with Gasteiger partial charge in [0.1, 0.15) is 0 Å². The highest BCUT2D eigenvalue weighted by Crippen LogP contribution is 2.32. The van der Waals surface area contributed by atoms with Crippen molar-refractivity contribution in [2.75, 3.05) is 30.9 Å². The summed E-state index contributed by atoms with van der Waals surface area (Å²) >= 11 is 7.57. The average Bonchev–Trinajstić information content (AvgIpc) is 3.05. The van der Waals surface area contributed by atoms with Crippen LogP contribution in [-0.2, 0) is 4.79 Å². The van der Waals surface area contributed by atoms with E-state index < -0.39 is 0 Å². The molecule has 5 nitrogen and oxygen atoms in total. The monoisotopic (exact) mass is 365 g/mol. The molecule has 2 amide bonds. The van der Waals surface area contributed by atoms with E-state index in [1.54, 1.807) is 18.2 Å². The fourth-order valence-electron chi connectivity index (χ4n) is 2.23. The molecule has 0 aliphatic rings. The fourth-order valence-corrected chi connectivity index (χ4v) is 3.21. The van der Waals surface area contributed by atoms with Gasteiger partial charge in [-0.1, -0.05) is 23.7 Å². The number of carbonyl (C=O) groups is 2. The van der Waals surface area contributed by atoms with Gasteiger partial charge in [0, 0.05) is 27.1 Å². The first kappa shape index (κ1) is 18.3. The van der Waals surface area contributed by atoms with Crippen LogP contribution in [0.4, 0.5) is 11.4 Å². The molecule has 1 heterocycles. The molecule has 1 aromatic heterocycles. The van der Waals surface area contributed by atoms with Gasteiger partial charge < -0.3 is 15.5 Å². The maximum absolute atomic E-state index is 12.1. The van der Waals surface area contributed by atoms with E-state index in [1.807, 2.05) is 36.5 Å². The Morgan fingerprint density at radius 2 is 2.00 bits per heavy atom. The Kier molecular flexibility index (Phi) is 6.63. The molecule has 0 spiro atoms. The van der Waals surface area contributed by atoms with Gasteiger partial charge in [-0.2, -0.15) is 0 Å². The lowest BCUT2D eigenvalue weighted by atomic mass is 10.2. The molecule has 0 radical (unpaired) electrons. The first-order chi connectivity index (χ1) is 11.5. The smallest absolute Gasteiger partial charge is 0.261 e. The minimum atomic E-state index is -0.106. The number of thiophene rings is 1. The maximum atomic E-state index is 12.1. The number of carbonyl (C=O) groups excluding carboxylic acids is 2. The zero-order chi connectivity index (χ0) is 17.5. The summed E-state index contributed by atoms with van der Waals surface area (Å²) in [6.45, 7) is 0.459. The van der Waals surface area contributed by atoms with E-state index >= 15 is 0 Å². The molecule has 0 aliphatic heterocycles. The molecular weight excluding hydrogens is 346 g/mol. The van der Waals surface area contributed by atoms with Crippen molar-refractivity contribution in [3.63, 3.8) is 0 Å². The third-order valence-corrected chi connectivity index (χ3v) is 4.49. The van der Waals surface area contributed by atoms with Gasteiger partial charge in [-0.05, 0) is 30.0 Å². The van der Waals surface area contributed by atoms with E-state index in [4.69, 9.17) is 11.6 Å². The Balaban J connectivity index is 1.80. The first-order valence-electron chi connectivity index (χ1n) is 7.56. The second-order valence-electron chi connectivity index (χ2n) is 5.42. The third-order valence-electron chi connectivity index (χ3n) is 3.32. The highest BCUT2D eigenvalue weighted by atomic mass is 35.5. The Morgan fingerprint density at radius 1 is 1.21 bits per heavy atom. The molecule has 2 aromatic rings. The largest absolute Gasteiger partial charge is 0.375 e. The van der Waals surface area contributed by atoms with Crippen molar-refractivity contribution >= 4 is 46.1 Å². The number of nitrogens with one attached hydrogen (secondary N) is 2. The number of para-hydroxylation sites is 1. The first-order valence-corrected chi connectivity index (χ1v) is 8.82. The Bertz CT molecular complexity index is 702. The number of hydrogen-bond acceptors (Lipinski definition) is 4. The van der Waals surface area contributed by atoms with Crippen LogP contribution >= 0.6 is 22.9 Å². The second kappa shape index (κ2) is 8.70. The molecule has 0 aliphatic carbocycles. The van der Waals surface area contributed by atoms with Crippen molar-refractivity contribution in [3.8, 4) is 0 Å². The lowest BCUT2D eigenvalue weighted by Crippen LogP contribution is -2.24. The number of nitrogens with zero attached hydrogens (tertiary/aromatic N) is 1. The highest BCUT2D eigenvalue weighted by molar-refractivity contribution is 7.12. The molecule has 1 aromatic carbocycles. The third kappa shape index (κ3) is 4.97. The van der Waals surface area contributed by atoms with Crippen molar-refractivity contribution in [2.45, 2.75) is 12.8 Å². The van der Waals surface area contributed by atoms with Gasteiger partial charge in [0.15, 0.2) is 0 Å². The van der Waals surface area contributed by atoms with E-state index in [2.05, 4.69) is 10.6 Å². The standard InChI is InChI=1S/C17H20ClN3O2S/c1-21(2)16-12(18)6-3-7-13(16)20-15(22)9-4-10-19-17(23)14-8-5-11-24-14/h3,5-8,11H,4,9-10H2,1-2H3,(H,19,23)(H,20,22). The fraction of sp³-hybridized carbons (Fsp3) is 0.294.